The average molecular weight is 258 g/mol. The lowest BCUT2D eigenvalue weighted by molar-refractivity contribution is -0.137. The molecule has 98 valence electrons. The summed E-state index contributed by atoms with van der Waals surface area (Å²) in [5.74, 6) is 0.327. The van der Waals surface area contributed by atoms with Gasteiger partial charge in [0.1, 0.15) is 11.6 Å². The van der Waals surface area contributed by atoms with Crippen molar-refractivity contribution in [1.29, 1.82) is 5.26 Å². The molecule has 1 N–H and O–H groups in total. The van der Waals surface area contributed by atoms with Gasteiger partial charge in [0.05, 0.1) is 18.1 Å². The highest BCUT2D eigenvalue weighted by Gasteiger charge is 2.31. The number of hydrogen-bond donors (Lipinski definition) is 1. The van der Waals surface area contributed by atoms with Gasteiger partial charge in [-0.15, -0.1) is 0 Å². The van der Waals surface area contributed by atoms with Gasteiger partial charge in [-0.3, -0.25) is 0 Å². The van der Waals surface area contributed by atoms with Crippen LogP contribution in [0.25, 0.3) is 0 Å². The Morgan fingerprint density at radius 2 is 2.11 bits per heavy atom. The zero-order valence-electron chi connectivity index (χ0n) is 10.0. The quantitative estimate of drug-likeness (QED) is 0.901. The molecule has 1 heterocycles. The van der Waals surface area contributed by atoms with E-state index in [0.29, 0.717) is 6.54 Å². The summed E-state index contributed by atoms with van der Waals surface area (Å²) in [4.78, 5) is 5.54. The van der Waals surface area contributed by atoms with Gasteiger partial charge in [0.2, 0.25) is 0 Å². The first kappa shape index (κ1) is 14.1. The minimum atomic E-state index is -4.42. The molecule has 0 fully saturated rings. The lowest BCUT2D eigenvalue weighted by atomic mass is 10.2. The summed E-state index contributed by atoms with van der Waals surface area (Å²) in [5.41, 5.74) is -0.763. The summed E-state index contributed by atoms with van der Waals surface area (Å²) in [6.07, 6.45) is -4.19. The molecule has 1 aromatic heterocycles. The Bertz CT molecular complexity index is 451. The van der Waals surface area contributed by atoms with Crippen molar-refractivity contribution < 1.29 is 13.2 Å². The second-order valence-electron chi connectivity index (χ2n) is 3.68. The van der Waals surface area contributed by atoms with E-state index < -0.39 is 11.7 Å². The van der Waals surface area contributed by atoms with Gasteiger partial charge in [-0.1, -0.05) is 0 Å². The molecular weight excluding hydrogens is 245 g/mol. The Labute approximate surface area is 103 Å². The van der Waals surface area contributed by atoms with E-state index in [1.54, 1.807) is 7.05 Å². The number of aromatic nitrogens is 1. The van der Waals surface area contributed by atoms with Crippen molar-refractivity contribution in [3.63, 3.8) is 0 Å². The van der Waals surface area contributed by atoms with E-state index in [1.807, 2.05) is 6.07 Å². The summed E-state index contributed by atoms with van der Waals surface area (Å²) < 4.78 is 38.0. The number of halogens is 3. The van der Waals surface area contributed by atoms with E-state index in [4.69, 9.17) is 5.26 Å². The molecule has 18 heavy (non-hydrogen) atoms. The number of hydrogen-bond acceptors (Lipinski definition) is 4. The van der Waals surface area contributed by atoms with Gasteiger partial charge in [-0.25, -0.2) is 4.98 Å². The van der Waals surface area contributed by atoms with Crippen LogP contribution in [0, 0.1) is 11.3 Å². The van der Waals surface area contributed by atoms with Gasteiger partial charge < -0.3 is 10.2 Å². The van der Waals surface area contributed by atoms with E-state index in [-0.39, 0.29) is 18.1 Å². The van der Waals surface area contributed by atoms with Crippen LogP contribution in [-0.4, -0.2) is 25.6 Å². The second-order valence-corrected chi connectivity index (χ2v) is 3.68. The van der Waals surface area contributed by atoms with E-state index in [1.165, 1.54) is 11.9 Å². The molecule has 0 aliphatic heterocycles. The number of rotatable bonds is 4. The Hall–Kier alpha value is -1.97. The third-order valence-corrected chi connectivity index (χ3v) is 2.35. The SMILES string of the molecule is CNc1cc(C(F)(F)F)cc(N(C)CCC#N)n1. The van der Waals surface area contributed by atoms with E-state index >= 15 is 0 Å². The number of nitriles is 1. The maximum atomic E-state index is 12.7. The van der Waals surface area contributed by atoms with E-state index in [0.717, 1.165) is 12.1 Å². The number of nitrogens with zero attached hydrogens (tertiary/aromatic N) is 3. The first-order valence-electron chi connectivity index (χ1n) is 5.23. The van der Waals surface area contributed by atoms with Crippen LogP contribution in [-0.2, 0) is 6.18 Å². The monoisotopic (exact) mass is 258 g/mol. The molecule has 0 radical (unpaired) electrons. The standard InChI is InChI=1S/C11H13F3N4/c1-16-9-6-8(11(12,13)14)7-10(17-9)18(2)5-3-4-15/h6-7H,3,5H2,1-2H3,(H,16,17). The molecule has 1 rings (SSSR count). The second kappa shape index (κ2) is 5.58. The van der Waals surface area contributed by atoms with Crippen molar-refractivity contribution in [2.45, 2.75) is 12.6 Å². The molecule has 0 atom stereocenters. The Morgan fingerprint density at radius 3 is 2.61 bits per heavy atom. The number of anilines is 2. The molecule has 0 saturated carbocycles. The summed E-state index contributed by atoms with van der Waals surface area (Å²) in [6.45, 7) is 0.327. The van der Waals surface area contributed by atoms with Crippen LogP contribution in [0.3, 0.4) is 0 Å². The molecule has 0 aliphatic rings. The normalized spacial score (nSPS) is 10.9. The third-order valence-electron chi connectivity index (χ3n) is 2.35. The maximum Gasteiger partial charge on any atom is 0.416 e. The predicted molar refractivity (Wildman–Crippen MR) is 62.3 cm³/mol. The highest BCUT2D eigenvalue weighted by Crippen LogP contribution is 2.32. The fourth-order valence-electron chi connectivity index (χ4n) is 1.34. The lowest BCUT2D eigenvalue weighted by Crippen LogP contribution is -2.20. The van der Waals surface area contributed by atoms with Gasteiger partial charge in [0, 0.05) is 20.6 Å². The van der Waals surface area contributed by atoms with Crippen LogP contribution in [0.15, 0.2) is 12.1 Å². The van der Waals surface area contributed by atoms with Crippen molar-refractivity contribution in [1.82, 2.24) is 4.98 Å². The van der Waals surface area contributed by atoms with Crippen molar-refractivity contribution in [3.05, 3.63) is 17.7 Å². The van der Waals surface area contributed by atoms with E-state index in [9.17, 15) is 13.2 Å². The van der Waals surface area contributed by atoms with Crippen LogP contribution >= 0.6 is 0 Å². The zero-order valence-corrected chi connectivity index (χ0v) is 10.0. The Morgan fingerprint density at radius 1 is 1.44 bits per heavy atom. The Kier molecular flexibility index (Phi) is 4.37. The largest absolute Gasteiger partial charge is 0.416 e. The van der Waals surface area contributed by atoms with Crippen molar-refractivity contribution >= 4 is 11.6 Å². The molecule has 7 heteroatoms. The van der Waals surface area contributed by atoms with E-state index in [2.05, 4.69) is 10.3 Å². The van der Waals surface area contributed by atoms with Gasteiger partial charge in [-0.2, -0.15) is 18.4 Å². The molecule has 0 bridgehead atoms. The van der Waals surface area contributed by atoms with Crippen LogP contribution in [0.1, 0.15) is 12.0 Å². The van der Waals surface area contributed by atoms with Crippen molar-refractivity contribution in [3.8, 4) is 6.07 Å². The topological polar surface area (TPSA) is 52.0 Å². The molecule has 0 aliphatic carbocycles. The highest BCUT2D eigenvalue weighted by molar-refractivity contribution is 5.50. The third kappa shape index (κ3) is 3.52. The highest BCUT2D eigenvalue weighted by atomic mass is 19.4. The van der Waals surface area contributed by atoms with Crippen LogP contribution in [0.5, 0.6) is 0 Å². The molecule has 0 aromatic carbocycles. The molecule has 0 spiro atoms. The Balaban J connectivity index is 3.09. The average Bonchev–Trinajstić information content (AvgIpc) is 2.34. The van der Waals surface area contributed by atoms with Crippen LogP contribution in [0.2, 0.25) is 0 Å². The fraction of sp³-hybridized carbons (Fsp3) is 0.455. The molecular formula is C11H13F3N4. The number of nitrogens with one attached hydrogen (secondary N) is 1. The van der Waals surface area contributed by atoms with Gasteiger partial charge in [-0.05, 0) is 12.1 Å². The molecule has 1 aromatic rings. The summed E-state index contributed by atoms with van der Waals surface area (Å²) in [5, 5.41) is 11.0. The number of pyridine rings is 1. The lowest BCUT2D eigenvalue weighted by Gasteiger charge is -2.19. The maximum absolute atomic E-state index is 12.7. The van der Waals surface area contributed by atoms with Gasteiger partial charge >= 0.3 is 6.18 Å². The molecule has 4 nitrogen and oxygen atoms in total. The summed E-state index contributed by atoms with van der Waals surface area (Å²) in [6, 6.07) is 3.85. The molecule has 0 saturated heterocycles. The summed E-state index contributed by atoms with van der Waals surface area (Å²) >= 11 is 0. The van der Waals surface area contributed by atoms with Gasteiger partial charge in [0.25, 0.3) is 0 Å². The van der Waals surface area contributed by atoms with Crippen molar-refractivity contribution in [2.75, 3.05) is 30.9 Å². The molecule has 0 amide bonds. The van der Waals surface area contributed by atoms with Crippen molar-refractivity contribution in [2.24, 2.45) is 0 Å². The molecule has 0 unspecified atom stereocenters. The predicted octanol–water partition coefficient (Wildman–Crippen LogP) is 2.49. The summed E-state index contributed by atoms with van der Waals surface area (Å²) in [7, 11) is 3.10. The smallest absolute Gasteiger partial charge is 0.373 e. The minimum Gasteiger partial charge on any atom is -0.373 e. The number of alkyl halides is 3. The first-order chi connectivity index (χ1) is 8.38. The van der Waals surface area contributed by atoms with Crippen LogP contribution < -0.4 is 10.2 Å². The van der Waals surface area contributed by atoms with Gasteiger partial charge in [0.15, 0.2) is 0 Å². The zero-order chi connectivity index (χ0) is 13.8. The van der Waals surface area contributed by atoms with Crippen LogP contribution in [0.4, 0.5) is 24.8 Å². The minimum absolute atomic E-state index is 0.142. The fourth-order valence-corrected chi connectivity index (χ4v) is 1.34. The first-order valence-corrected chi connectivity index (χ1v) is 5.23.